The van der Waals surface area contributed by atoms with Gasteiger partial charge in [-0.05, 0) is 36.8 Å². The molecule has 0 aromatic heterocycles. The van der Waals surface area contributed by atoms with Crippen molar-refractivity contribution in [1.82, 2.24) is 0 Å². The summed E-state index contributed by atoms with van der Waals surface area (Å²) >= 11 is 0. The Morgan fingerprint density at radius 2 is 1.69 bits per heavy atom. The number of rotatable bonds is 6. The number of ether oxygens (including phenoxy) is 2. The van der Waals surface area contributed by atoms with E-state index in [1.807, 2.05) is 19.1 Å². The van der Waals surface area contributed by atoms with Crippen molar-refractivity contribution < 1.29 is 17.9 Å². The van der Waals surface area contributed by atoms with Crippen LogP contribution >= 0.6 is 0 Å². The van der Waals surface area contributed by atoms with Gasteiger partial charge in [0.2, 0.25) is 0 Å². The summed E-state index contributed by atoms with van der Waals surface area (Å²) in [6, 6.07) is 16.1. The molecule has 3 atom stereocenters. The van der Waals surface area contributed by atoms with E-state index >= 15 is 0 Å². The Bertz CT molecular complexity index is 929. The number of nitrogens with zero attached hydrogens (tertiary/aromatic N) is 1. The molecule has 6 heteroatoms. The molecule has 1 aliphatic rings. The highest BCUT2D eigenvalue weighted by Crippen LogP contribution is 2.63. The Hall–Kier alpha value is -2.36. The highest BCUT2D eigenvalue weighted by molar-refractivity contribution is 7.92. The zero-order valence-corrected chi connectivity index (χ0v) is 15.8. The zero-order chi connectivity index (χ0) is 18.9. The second-order valence-corrected chi connectivity index (χ2v) is 8.68. The minimum atomic E-state index is -3.67. The summed E-state index contributed by atoms with van der Waals surface area (Å²) in [5.41, 5.74) is 0.688. The Morgan fingerprint density at radius 1 is 1.08 bits per heavy atom. The molecule has 0 aliphatic heterocycles. The molecule has 0 N–H and O–H groups in total. The van der Waals surface area contributed by atoms with Crippen LogP contribution in [-0.4, -0.2) is 34.5 Å². The SMILES string of the molecule is COC[C@]1(C#N)[C@@H](c2ccc(OC)cc2)[C@@H]1S(=O)(=O)c1ccc(C)cc1. The fourth-order valence-electron chi connectivity index (χ4n) is 3.59. The lowest BCUT2D eigenvalue weighted by Gasteiger charge is -2.08. The fraction of sp³-hybridized carbons (Fsp3) is 0.350. The Balaban J connectivity index is 2.05. The van der Waals surface area contributed by atoms with Crippen LogP contribution in [0.4, 0.5) is 0 Å². The van der Waals surface area contributed by atoms with Crippen molar-refractivity contribution in [3.8, 4) is 11.8 Å². The van der Waals surface area contributed by atoms with Crippen LogP contribution in [0.3, 0.4) is 0 Å². The van der Waals surface area contributed by atoms with Crippen molar-refractivity contribution in [3.63, 3.8) is 0 Å². The number of hydrogen-bond donors (Lipinski definition) is 0. The third-order valence-electron chi connectivity index (χ3n) is 5.01. The summed E-state index contributed by atoms with van der Waals surface area (Å²) in [4.78, 5) is 0.236. The molecule has 2 aromatic carbocycles. The number of aryl methyl sites for hydroxylation is 1. The van der Waals surface area contributed by atoms with Crippen LogP contribution < -0.4 is 4.74 Å². The molecule has 136 valence electrons. The molecule has 0 radical (unpaired) electrons. The molecule has 1 fully saturated rings. The molecule has 26 heavy (non-hydrogen) atoms. The van der Waals surface area contributed by atoms with Crippen LogP contribution in [0.1, 0.15) is 17.0 Å². The average molecular weight is 371 g/mol. The van der Waals surface area contributed by atoms with E-state index in [1.165, 1.54) is 7.11 Å². The molecule has 1 aliphatic carbocycles. The van der Waals surface area contributed by atoms with Crippen LogP contribution in [0.2, 0.25) is 0 Å². The quantitative estimate of drug-likeness (QED) is 0.780. The lowest BCUT2D eigenvalue weighted by molar-refractivity contribution is 0.162. The predicted octanol–water partition coefficient (Wildman–Crippen LogP) is 3.10. The number of sulfone groups is 1. The van der Waals surface area contributed by atoms with Gasteiger partial charge in [0, 0.05) is 13.0 Å². The van der Waals surface area contributed by atoms with Gasteiger partial charge in [-0.25, -0.2) is 8.42 Å². The summed E-state index contributed by atoms with van der Waals surface area (Å²) < 4.78 is 36.8. The minimum Gasteiger partial charge on any atom is -0.497 e. The van der Waals surface area contributed by atoms with E-state index in [1.54, 1.807) is 43.5 Å². The fourth-order valence-corrected chi connectivity index (χ4v) is 5.90. The van der Waals surface area contributed by atoms with Gasteiger partial charge < -0.3 is 9.47 Å². The molecule has 2 aromatic rings. The maximum Gasteiger partial charge on any atom is 0.183 e. The van der Waals surface area contributed by atoms with E-state index in [2.05, 4.69) is 6.07 Å². The normalized spacial score (nSPS) is 24.7. The van der Waals surface area contributed by atoms with Gasteiger partial charge in [-0.1, -0.05) is 29.8 Å². The second-order valence-electron chi connectivity index (χ2n) is 6.61. The van der Waals surface area contributed by atoms with E-state index in [4.69, 9.17) is 9.47 Å². The summed E-state index contributed by atoms with van der Waals surface area (Å²) in [7, 11) is -0.616. The Morgan fingerprint density at radius 3 is 2.19 bits per heavy atom. The van der Waals surface area contributed by atoms with Crippen LogP contribution in [0, 0.1) is 23.7 Å². The van der Waals surface area contributed by atoms with E-state index in [0.717, 1.165) is 11.1 Å². The van der Waals surface area contributed by atoms with Gasteiger partial charge in [0.15, 0.2) is 9.84 Å². The maximum atomic E-state index is 13.2. The lowest BCUT2D eigenvalue weighted by Crippen LogP contribution is -2.19. The lowest BCUT2D eigenvalue weighted by atomic mass is 10.0. The average Bonchev–Trinajstić information content (AvgIpc) is 3.32. The number of hydrogen-bond acceptors (Lipinski definition) is 5. The molecule has 5 nitrogen and oxygen atoms in total. The van der Waals surface area contributed by atoms with Crippen molar-refractivity contribution >= 4 is 9.84 Å². The summed E-state index contributed by atoms with van der Waals surface area (Å²) in [6.07, 6.45) is 0. The van der Waals surface area contributed by atoms with Gasteiger partial charge in [0.25, 0.3) is 0 Å². The predicted molar refractivity (Wildman–Crippen MR) is 97.8 cm³/mol. The van der Waals surface area contributed by atoms with E-state index < -0.39 is 26.4 Å². The minimum absolute atomic E-state index is 0.0654. The third kappa shape index (κ3) is 2.87. The highest BCUT2D eigenvalue weighted by Gasteiger charge is 2.72. The molecule has 1 saturated carbocycles. The topological polar surface area (TPSA) is 76.4 Å². The van der Waals surface area contributed by atoms with Crippen LogP contribution in [0.25, 0.3) is 0 Å². The van der Waals surface area contributed by atoms with E-state index in [9.17, 15) is 13.7 Å². The molecule has 0 spiro atoms. The number of methoxy groups -OCH3 is 2. The first kappa shape index (κ1) is 18.4. The largest absolute Gasteiger partial charge is 0.497 e. The number of nitriles is 1. The highest BCUT2D eigenvalue weighted by atomic mass is 32.2. The molecule has 0 saturated heterocycles. The molecule has 0 amide bonds. The first-order valence-corrected chi connectivity index (χ1v) is 9.80. The molecular weight excluding hydrogens is 350 g/mol. The van der Waals surface area contributed by atoms with E-state index in [-0.39, 0.29) is 11.5 Å². The Kier molecular flexibility index (Phi) is 4.78. The molecule has 0 heterocycles. The third-order valence-corrected chi connectivity index (χ3v) is 7.30. The smallest absolute Gasteiger partial charge is 0.183 e. The molecule has 3 rings (SSSR count). The van der Waals surface area contributed by atoms with Gasteiger partial charge in [-0.15, -0.1) is 0 Å². The van der Waals surface area contributed by atoms with Crippen LogP contribution in [-0.2, 0) is 14.6 Å². The zero-order valence-electron chi connectivity index (χ0n) is 15.0. The standard InChI is InChI=1S/C20H21NO4S/c1-14-4-10-17(11-5-14)26(22,23)19-18(20(19,12-21)13-24-2)15-6-8-16(25-3)9-7-15/h4-11,18-19H,13H2,1-3H3/t18-,19-,20+/m0/s1. The van der Waals surface area contributed by atoms with Crippen molar-refractivity contribution in [2.24, 2.45) is 5.41 Å². The monoisotopic (exact) mass is 371 g/mol. The van der Waals surface area contributed by atoms with Crippen molar-refractivity contribution in [3.05, 3.63) is 59.7 Å². The van der Waals surface area contributed by atoms with Crippen molar-refractivity contribution in [2.75, 3.05) is 20.8 Å². The first-order chi connectivity index (χ1) is 12.4. The number of benzene rings is 2. The summed E-state index contributed by atoms with van der Waals surface area (Å²) in [6.45, 7) is 1.97. The Labute approximate surface area is 154 Å². The molecule has 0 bridgehead atoms. The van der Waals surface area contributed by atoms with Crippen molar-refractivity contribution in [1.29, 1.82) is 5.26 Å². The second kappa shape index (κ2) is 6.75. The maximum absolute atomic E-state index is 13.2. The van der Waals surface area contributed by atoms with Gasteiger partial charge in [-0.2, -0.15) is 5.26 Å². The summed E-state index contributed by atoms with van der Waals surface area (Å²) in [5.74, 6) is 0.242. The van der Waals surface area contributed by atoms with Gasteiger partial charge in [-0.3, -0.25) is 0 Å². The first-order valence-electron chi connectivity index (χ1n) is 8.25. The van der Waals surface area contributed by atoms with Gasteiger partial charge in [0.1, 0.15) is 11.2 Å². The summed E-state index contributed by atoms with van der Waals surface area (Å²) in [5, 5.41) is 8.99. The molecule has 0 unspecified atom stereocenters. The van der Waals surface area contributed by atoms with E-state index in [0.29, 0.717) is 5.75 Å². The van der Waals surface area contributed by atoms with Crippen LogP contribution in [0.5, 0.6) is 5.75 Å². The van der Waals surface area contributed by atoms with Gasteiger partial charge >= 0.3 is 0 Å². The van der Waals surface area contributed by atoms with Crippen molar-refractivity contribution in [2.45, 2.75) is 23.0 Å². The van der Waals surface area contributed by atoms with Crippen LogP contribution in [0.15, 0.2) is 53.4 Å². The van der Waals surface area contributed by atoms with Gasteiger partial charge in [0.05, 0.1) is 29.9 Å². The molecular formula is C20H21NO4S.